The molecule has 0 aromatic heterocycles. The third-order valence-electron chi connectivity index (χ3n) is 1.95. The molecule has 12 heavy (non-hydrogen) atoms. The van der Waals surface area contributed by atoms with Gasteiger partial charge in [-0.25, -0.2) is 0 Å². The largest absolute Gasteiger partial charge is 0.0974 e. The lowest BCUT2D eigenvalue weighted by molar-refractivity contribution is 1.40. The van der Waals surface area contributed by atoms with Crippen molar-refractivity contribution in [3.05, 3.63) is 47.4 Å². The van der Waals surface area contributed by atoms with E-state index >= 15 is 0 Å². The molecule has 1 aromatic carbocycles. The van der Waals surface area contributed by atoms with Gasteiger partial charge in [0, 0.05) is 4.90 Å². The molecule has 1 heterocycles. The van der Waals surface area contributed by atoms with Crippen LogP contribution in [-0.4, -0.2) is 0 Å². The second-order valence-corrected chi connectivity index (χ2v) is 3.61. The first-order chi connectivity index (χ1) is 5.92. The number of rotatable bonds is 0. The van der Waals surface area contributed by atoms with Gasteiger partial charge in [-0.05, 0) is 35.6 Å². The maximum Gasteiger partial charge on any atom is 0.0194 e. The summed E-state index contributed by atoms with van der Waals surface area (Å²) in [5, 5.41) is 2.14. The summed E-state index contributed by atoms with van der Waals surface area (Å²) < 4.78 is 0. The van der Waals surface area contributed by atoms with Crippen molar-refractivity contribution in [2.75, 3.05) is 0 Å². The Morgan fingerprint density at radius 2 is 2.08 bits per heavy atom. The minimum atomic E-state index is 1.32. The Kier molecular flexibility index (Phi) is 2.05. The van der Waals surface area contributed by atoms with Crippen molar-refractivity contribution in [2.45, 2.75) is 11.8 Å². The van der Waals surface area contributed by atoms with E-state index in [9.17, 15) is 0 Å². The van der Waals surface area contributed by atoms with E-state index in [-0.39, 0.29) is 0 Å². The van der Waals surface area contributed by atoms with Gasteiger partial charge in [-0.3, -0.25) is 0 Å². The van der Waals surface area contributed by atoms with Gasteiger partial charge in [0.05, 0.1) is 0 Å². The zero-order chi connectivity index (χ0) is 8.39. The van der Waals surface area contributed by atoms with E-state index in [4.69, 9.17) is 0 Å². The van der Waals surface area contributed by atoms with Gasteiger partial charge in [0.2, 0.25) is 0 Å². The van der Waals surface area contributed by atoms with Crippen molar-refractivity contribution in [3.63, 3.8) is 0 Å². The third-order valence-corrected chi connectivity index (χ3v) is 2.83. The van der Waals surface area contributed by atoms with Crippen LogP contribution < -0.4 is 0 Å². The molecule has 0 nitrogen and oxygen atoms in total. The molecule has 60 valence electrons. The lowest BCUT2D eigenvalue weighted by Crippen LogP contribution is -1.87. The van der Waals surface area contributed by atoms with Crippen LogP contribution >= 0.6 is 11.8 Å². The Hall–Kier alpha value is -0.950. The first-order valence-electron chi connectivity index (χ1n) is 4.01. The van der Waals surface area contributed by atoms with Crippen LogP contribution in [0.3, 0.4) is 0 Å². The molecule has 0 bridgehead atoms. The van der Waals surface area contributed by atoms with E-state index in [1.165, 1.54) is 16.0 Å². The molecule has 1 aliphatic heterocycles. The normalized spacial score (nSPS) is 17.9. The first-order valence-corrected chi connectivity index (χ1v) is 4.88. The zero-order valence-corrected chi connectivity index (χ0v) is 7.77. The molecular weight excluding hydrogens is 164 g/mol. The van der Waals surface area contributed by atoms with Crippen LogP contribution in [-0.2, 0) is 0 Å². The monoisotopic (exact) mass is 174 g/mol. The molecule has 0 amide bonds. The maximum absolute atomic E-state index is 2.17. The highest BCUT2D eigenvalue weighted by atomic mass is 32.2. The zero-order valence-electron chi connectivity index (χ0n) is 6.95. The lowest BCUT2D eigenvalue weighted by atomic mass is 10.1. The van der Waals surface area contributed by atoms with Gasteiger partial charge in [-0.2, -0.15) is 0 Å². The van der Waals surface area contributed by atoms with Crippen molar-refractivity contribution in [1.29, 1.82) is 0 Å². The van der Waals surface area contributed by atoms with Gasteiger partial charge < -0.3 is 0 Å². The van der Waals surface area contributed by atoms with Crippen LogP contribution in [0.4, 0.5) is 0 Å². The molecule has 0 unspecified atom stereocenters. The molecule has 0 fully saturated rings. The van der Waals surface area contributed by atoms with Crippen molar-refractivity contribution in [1.82, 2.24) is 0 Å². The number of hydrogen-bond acceptors (Lipinski definition) is 1. The number of benzene rings is 1. The van der Waals surface area contributed by atoms with E-state index in [0.717, 1.165) is 0 Å². The summed E-state index contributed by atoms with van der Waals surface area (Å²) in [6, 6.07) is 8.49. The molecule has 1 aliphatic rings. The highest BCUT2D eigenvalue weighted by Gasteiger charge is 2.07. The Labute approximate surface area is 77.0 Å². The van der Waals surface area contributed by atoms with Crippen LogP contribution in [0.25, 0.3) is 5.57 Å². The van der Waals surface area contributed by atoms with Gasteiger partial charge in [0.15, 0.2) is 0 Å². The standard InChI is InChI=1S/C11H10S/c1-2-9-7-8-12-11-6-4-3-5-10(9)11/h2-8H,1H3. The lowest BCUT2D eigenvalue weighted by Gasteiger charge is -2.11. The quantitative estimate of drug-likeness (QED) is 0.577. The molecule has 0 radical (unpaired) electrons. The number of allylic oxidation sites excluding steroid dienone is 3. The average Bonchev–Trinajstić information content (AvgIpc) is 2.17. The van der Waals surface area contributed by atoms with Crippen molar-refractivity contribution in [2.24, 2.45) is 0 Å². The second kappa shape index (κ2) is 3.20. The molecule has 0 spiro atoms. The molecule has 0 N–H and O–H groups in total. The predicted octanol–water partition coefficient (Wildman–Crippen LogP) is 3.71. The van der Waals surface area contributed by atoms with E-state index in [2.05, 4.69) is 48.7 Å². The van der Waals surface area contributed by atoms with E-state index in [0.29, 0.717) is 0 Å². The van der Waals surface area contributed by atoms with E-state index in [1.807, 2.05) is 0 Å². The summed E-state index contributed by atoms with van der Waals surface area (Å²) in [5.41, 5.74) is 2.68. The SMILES string of the molecule is CC=C1C=CSc2ccccc21. The Bertz CT molecular complexity index is 348. The highest BCUT2D eigenvalue weighted by Crippen LogP contribution is 2.34. The van der Waals surface area contributed by atoms with Crippen LogP contribution in [0.5, 0.6) is 0 Å². The summed E-state index contributed by atoms with van der Waals surface area (Å²) >= 11 is 1.79. The molecule has 0 saturated carbocycles. The van der Waals surface area contributed by atoms with Gasteiger partial charge in [0.25, 0.3) is 0 Å². The predicted molar refractivity (Wildman–Crippen MR) is 55.1 cm³/mol. The summed E-state index contributed by atoms with van der Waals surface area (Å²) in [4.78, 5) is 1.35. The summed E-state index contributed by atoms with van der Waals surface area (Å²) in [6.45, 7) is 2.08. The van der Waals surface area contributed by atoms with Crippen molar-refractivity contribution >= 4 is 17.3 Å². The van der Waals surface area contributed by atoms with Gasteiger partial charge >= 0.3 is 0 Å². The van der Waals surface area contributed by atoms with Crippen molar-refractivity contribution < 1.29 is 0 Å². The molecule has 0 aliphatic carbocycles. The minimum absolute atomic E-state index is 1.32. The number of fused-ring (bicyclic) bond motifs is 1. The van der Waals surface area contributed by atoms with Crippen LogP contribution in [0.15, 0.2) is 46.7 Å². The molecule has 2 rings (SSSR count). The Morgan fingerprint density at radius 3 is 2.92 bits per heavy atom. The fourth-order valence-electron chi connectivity index (χ4n) is 1.33. The first kappa shape index (κ1) is 7.69. The van der Waals surface area contributed by atoms with Crippen LogP contribution in [0, 0.1) is 0 Å². The highest BCUT2D eigenvalue weighted by molar-refractivity contribution is 8.02. The maximum atomic E-state index is 2.17. The molecule has 1 aromatic rings. The third kappa shape index (κ3) is 1.21. The van der Waals surface area contributed by atoms with Gasteiger partial charge in [0.1, 0.15) is 0 Å². The van der Waals surface area contributed by atoms with Crippen LogP contribution in [0.2, 0.25) is 0 Å². The summed E-state index contributed by atoms with van der Waals surface area (Å²) in [5.74, 6) is 0. The smallest absolute Gasteiger partial charge is 0.0194 e. The molecule has 0 saturated heterocycles. The number of hydrogen-bond donors (Lipinski definition) is 0. The Balaban J connectivity index is 2.58. The van der Waals surface area contributed by atoms with Gasteiger partial charge in [-0.1, -0.05) is 36.0 Å². The summed E-state index contributed by atoms with van der Waals surface area (Å²) in [6.07, 6.45) is 4.31. The molecular formula is C11H10S. The Morgan fingerprint density at radius 1 is 1.25 bits per heavy atom. The fraction of sp³-hybridized carbons (Fsp3) is 0.0909. The second-order valence-electron chi connectivity index (χ2n) is 2.66. The van der Waals surface area contributed by atoms with E-state index < -0.39 is 0 Å². The number of thioether (sulfide) groups is 1. The summed E-state index contributed by atoms with van der Waals surface area (Å²) in [7, 11) is 0. The fourth-order valence-corrected chi connectivity index (χ4v) is 2.16. The van der Waals surface area contributed by atoms with Crippen LogP contribution in [0.1, 0.15) is 12.5 Å². The average molecular weight is 174 g/mol. The topological polar surface area (TPSA) is 0 Å². The molecule has 1 heteroatoms. The van der Waals surface area contributed by atoms with Crippen molar-refractivity contribution in [3.8, 4) is 0 Å². The molecule has 0 atom stereocenters. The van der Waals surface area contributed by atoms with Gasteiger partial charge in [-0.15, -0.1) is 0 Å². The minimum Gasteiger partial charge on any atom is -0.0974 e. The van der Waals surface area contributed by atoms with E-state index in [1.54, 1.807) is 11.8 Å².